The summed E-state index contributed by atoms with van der Waals surface area (Å²) in [6.45, 7) is 1.94. The second kappa shape index (κ2) is 4.66. The fraction of sp³-hybridized carbons (Fsp3) is 0.273. The average molecular weight is 319 g/mol. The van der Waals surface area contributed by atoms with Crippen molar-refractivity contribution in [1.29, 1.82) is 0 Å². The standard InChI is InChI=1S/C11H9BrClNO3/c1-2-17-11(16)9-5-3-6(12)7(13)4-8(5)14-10(9)15/h3-4,9H,2H2,1H3,(H,14,15). The number of halogens is 2. The Balaban J connectivity index is 2.43. The molecule has 1 N–H and O–H groups in total. The molecule has 90 valence electrons. The van der Waals surface area contributed by atoms with E-state index in [0.29, 0.717) is 20.7 Å². The van der Waals surface area contributed by atoms with E-state index in [9.17, 15) is 9.59 Å². The van der Waals surface area contributed by atoms with Crippen LogP contribution in [0.15, 0.2) is 16.6 Å². The zero-order chi connectivity index (χ0) is 12.6. The molecule has 0 radical (unpaired) electrons. The van der Waals surface area contributed by atoms with E-state index < -0.39 is 11.9 Å². The van der Waals surface area contributed by atoms with Crippen LogP contribution in [0.5, 0.6) is 0 Å². The molecule has 1 aromatic carbocycles. The van der Waals surface area contributed by atoms with Crippen molar-refractivity contribution in [3.63, 3.8) is 0 Å². The third-order valence-electron chi connectivity index (χ3n) is 2.45. The van der Waals surface area contributed by atoms with E-state index in [1.165, 1.54) is 0 Å². The summed E-state index contributed by atoms with van der Waals surface area (Å²) in [6.07, 6.45) is 0. The number of fused-ring (bicyclic) bond motifs is 1. The summed E-state index contributed by atoms with van der Waals surface area (Å²) in [5.41, 5.74) is 1.14. The molecule has 1 amide bonds. The van der Waals surface area contributed by atoms with Crippen LogP contribution in [0.3, 0.4) is 0 Å². The molecule has 1 unspecified atom stereocenters. The van der Waals surface area contributed by atoms with E-state index >= 15 is 0 Å². The van der Waals surface area contributed by atoms with Gasteiger partial charge in [0.25, 0.3) is 0 Å². The van der Waals surface area contributed by atoms with Crippen molar-refractivity contribution in [3.8, 4) is 0 Å². The summed E-state index contributed by atoms with van der Waals surface area (Å²) in [4.78, 5) is 23.4. The number of carbonyl (C=O) groups excluding carboxylic acids is 2. The van der Waals surface area contributed by atoms with E-state index in [2.05, 4.69) is 21.2 Å². The van der Waals surface area contributed by atoms with E-state index in [4.69, 9.17) is 16.3 Å². The lowest BCUT2D eigenvalue weighted by atomic mass is 10.0. The summed E-state index contributed by atoms with van der Waals surface area (Å²) < 4.78 is 5.52. The second-order valence-electron chi connectivity index (χ2n) is 3.53. The molecule has 0 saturated carbocycles. The molecule has 0 fully saturated rings. The molecule has 1 heterocycles. The van der Waals surface area contributed by atoms with Gasteiger partial charge in [-0.05, 0) is 35.0 Å². The zero-order valence-corrected chi connectivity index (χ0v) is 11.3. The molecule has 0 saturated heterocycles. The molecule has 2 rings (SSSR count). The molecule has 4 nitrogen and oxygen atoms in total. The summed E-state index contributed by atoms with van der Waals surface area (Å²) in [5, 5.41) is 3.09. The molecular weight excluding hydrogens is 309 g/mol. The molecule has 17 heavy (non-hydrogen) atoms. The third-order valence-corrected chi connectivity index (χ3v) is 3.64. The first-order valence-electron chi connectivity index (χ1n) is 5.01. The van der Waals surface area contributed by atoms with Gasteiger partial charge < -0.3 is 10.1 Å². The highest BCUT2D eigenvalue weighted by Crippen LogP contribution is 2.38. The molecule has 0 spiro atoms. The number of benzene rings is 1. The van der Waals surface area contributed by atoms with Crippen LogP contribution in [0.25, 0.3) is 0 Å². The van der Waals surface area contributed by atoms with E-state index in [0.717, 1.165) is 0 Å². The number of rotatable bonds is 2. The minimum atomic E-state index is -0.904. The van der Waals surface area contributed by atoms with E-state index in [1.54, 1.807) is 19.1 Å². The normalized spacial score (nSPS) is 17.6. The van der Waals surface area contributed by atoms with Crippen LogP contribution in [0, 0.1) is 0 Å². The number of esters is 1. The van der Waals surface area contributed by atoms with Crippen LogP contribution in [-0.2, 0) is 14.3 Å². The third kappa shape index (κ3) is 2.17. The van der Waals surface area contributed by atoms with Crippen molar-refractivity contribution in [2.24, 2.45) is 0 Å². The maximum atomic E-state index is 11.7. The van der Waals surface area contributed by atoms with Gasteiger partial charge in [-0.3, -0.25) is 9.59 Å². The molecule has 0 bridgehead atoms. The smallest absolute Gasteiger partial charge is 0.323 e. The highest BCUT2D eigenvalue weighted by molar-refractivity contribution is 9.10. The van der Waals surface area contributed by atoms with Crippen LogP contribution in [0.1, 0.15) is 18.4 Å². The number of nitrogens with one attached hydrogen (secondary N) is 1. The molecule has 1 aliphatic heterocycles. The number of hydrogen-bond acceptors (Lipinski definition) is 3. The number of carbonyl (C=O) groups is 2. The molecular formula is C11H9BrClNO3. The molecule has 6 heteroatoms. The monoisotopic (exact) mass is 317 g/mol. The Morgan fingerprint density at radius 2 is 2.29 bits per heavy atom. The van der Waals surface area contributed by atoms with Gasteiger partial charge in [-0.25, -0.2) is 0 Å². The van der Waals surface area contributed by atoms with Gasteiger partial charge in [-0.2, -0.15) is 0 Å². The van der Waals surface area contributed by atoms with E-state index in [1.807, 2.05) is 0 Å². The molecule has 1 aromatic rings. The van der Waals surface area contributed by atoms with Gasteiger partial charge >= 0.3 is 5.97 Å². The molecule has 1 atom stereocenters. The first kappa shape index (κ1) is 12.4. The van der Waals surface area contributed by atoms with Gasteiger partial charge in [0.1, 0.15) is 0 Å². The average Bonchev–Trinajstić information content (AvgIpc) is 2.55. The fourth-order valence-corrected chi connectivity index (χ4v) is 2.24. The summed E-state index contributed by atoms with van der Waals surface area (Å²) in [7, 11) is 0. The number of anilines is 1. The van der Waals surface area contributed by atoms with Crippen molar-refractivity contribution < 1.29 is 14.3 Å². The van der Waals surface area contributed by atoms with Crippen molar-refractivity contribution in [1.82, 2.24) is 0 Å². The van der Waals surface area contributed by atoms with Gasteiger partial charge in [0.05, 0.1) is 11.6 Å². The van der Waals surface area contributed by atoms with Crippen LogP contribution < -0.4 is 5.32 Å². The number of amides is 1. The highest BCUT2D eigenvalue weighted by atomic mass is 79.9. The number of hydrogen-bond donors (Lipinski definition) is 1. The molecule has 0 aliphatic carbocycles. The minimum absolute atomic E-state index is 0.243. The van der Waals surface area contributed by atoms with Gasteiger partial charge in [0.2, 0.25) is 5.91 Å². The van der Waals surface area contributed by atoms with Crippen molar-refractivity contribution in [2.45, 2.75) is 12.8 Å². The van der Waals surface area contributed by atoms with Crippen LogP contribution >= 0.6 is 27.5 Å². The Labute approximate surface area is 111 Å². The second-order valence-corrected chi connectivity index (χ2v) is 4.79. The maximum Gasteiger partial charge on any atom is 0.323 e. The number of ether oxygens (including phenoxy) is 1. The van der Waals surface area contributed by atoms with Gasteiger partial charge in [-0.1, -0.05) is 11.6 Å². The highest BCUT2D eigenvalue weighted by Gasteiger charge is 2.38. The van der Waals surface area contributed by atoms with Crippen LogP contribution in [0.2, 0.25) is 5.02 Å². The minimum Gasteiger partial charge on any atom is -0.465 e. The lowest BCUT2D eigenvalue weighted by molar-refractivity contribution is -0.147. The SMILES string of the molecule is CCOC(=O)C1C(=O)Nc2cc(Cl)c(Br)cc21. The summed E-state index contributed by atoms with van der Waals surface area (Å²) in [6, 6.07) is 3.27. The maximum absolute atomic E-state index is 11.7. The Morgan fingerprint density at radius 1 is 1.59 bits per heavy atom. The molecule has 1 aliphatic rings. The van der Waals surface area contributed by atoms with Crippen LogP contribution in [-0.4, -0.2) is 18.5 Å². The van der Waals surface area contributed by atoms with Gasteiger partial charge in [-0.15, -0.1) is 0 Å². The van der Waals surface area contributed by atoms with Crippen molar-refractivity contribution in [2.75, 3.05) is 11.9 Å². The lowest BCUT2D eigenvalue weighted by Crippen LogP contribution is -2.22. The van der Waals surface area contributed by atoms with Gasteiger partial charge in [0, 0.05) is 15.7 Å². The van der Waals surface area contributed by atoms with Gasteiger partial charge in [0.15, 0.2) is 5.92 Å². The summed E-state index contributed by atoms with van der Waals surface area (Å²) in [5.74, 6) is -1.83. The Kier molecular flexibility index (Phi) is 3.40. The topological polar surface area (TPSA) is 55.4 Å². The predicted octanol–water partition coefficient (Wildman–Crippen LogP) is 2.70. The summed E-state index contributed by atoms with van der Waals surface area (Å²) >= 11 is 9.18. The Bertz CT molecular complexity index is 504. The predicted molar refractivity (Wildman–Crippen MR) is 67.2 cm³/mol. The first-order valence-corrected chi connectivity index (χ1v) is 6.18. The first-order chi connectivity index (χ1) is 8.04. The van der Waals surface area contributed by atoms with Crippen LogP contribution in [0.4, 0.5) is 5.69 Å². The van der Waals surface area contributed by atoms with Crippen molar-refractivity contribution in [3.05, 3.63) is 27.2 Å². The molecule has 0 aromatic heterocycles. The van der Waals surface area contributed by atoms with Crippen molar-refractivity contribution >= 4 is 45.1 Å². The quantitative estimate of drug-likeness (QED) is 0.674. The lowest BCUT2D eigenvalue weighted by Gasteiger charge is -2.08. The largest absolute Gasteiger partial charge is 0.465 e. The zero-order valence-electron chi connectivity index (χ0n) is 8.92. The van der Waals surface area contributed by atoms with E-state index in [-0.39, 0.29) is 12.5 Å². The fourth-order valence-electron chi connectivity index (χ4n) is 1.72. The Hall–Kier alpha value is -1.07. The Morgan fingerprint density at radius 3 is 2.94 bits per heavy atom.